The van der Waals surface area contributed by atoms with Gasteiger partial charge in [0.2, 0.25) is 0 Å². The van der Waals surface area contributed by atoms with E-state index in [4.69, 9.17) is 5.73 Å². The van der Waals surface area contributed by atoms with Crippen LogP contribution in [0, 0.1) is 5.82 Å². The molecule has 3 heteroatoms. The molecule has 0 radical (unpaired) electrons. The Kier molecular flexibility index (Phi) is 3.19. The highest BCUT2D eigenvalue weighted by Gasteiger charge is 2.10. The molecule has 0 saturated heterocycles. The summed E-state index contributed by atoms with van der Waals surface area (Å²) in [5, 5.41) is 0. The smallest absolute Gasteiger partial charge is 0.169 e. The van der Waals surface area contributed by atoms with E-state index in [9.17, 15) is 9.18 Å². The van der Waals surface area contributed by atoms with Crippen molar-refractivity contribution >= 4 is 11.5 Å². The molecule has 0 aliphatic heterocycles. The fraction of sp³-hybridized carbons (Fsp3) is 0.0714. The largest absolute Gasteiger partial charge is 0.398 e. The van der Waals surface area contributed by atoms with Crippen molar-refractivity contribution in [3.8, 4) is 0 Å². The number of halogens is 1. The van der Waals surface area contributed by atoms with Crippen molar-refractivity contribution < 1.29 is 9.18 Å². The molecule has 0 spiro atoms. The Bertz CT molecular complexity index is 551. The number of nitrogen functional groups attached to an aromatic ring is 1. The zero-order chi connectivity index (χ0) is 12.3. The van der Waals surface area contributed by atoms with Crippen LogP contribution in [0.3, 0.4) is 0 Å². The van der Waals surface area contributed by atoms with Crippen LogP contribution in [0.1, 0.15) is 15.9 Å². The summed E-state index contributed by atoms with van der Waals surface area (Å²) in [7, 11) is 0. The number of anilines is 1. The third-order valence-corrected chi connectivity index (χ3v) is 2.51. The molecule has 0 atom stereocenters. The number of ketones is 1. The zero-order valence-corrected chi connectivity index (χ0v) is 9.19. The van der Waals surface area contributed by atoms with Gasteiger partial charge in [0.05, 0.1) is 0 Å². The van der Waals surface area contributed by atoms with Gasteiger partial charge < -0.3 is 5.73 Å². The maximum atomic E-state index is 13.0. The predicted octanol–water partition coefficient (Wildman–Crippen LogP) is 2.83. The van der Waals surface area contributed by atoms with E-state index in [2.05, 4.69) is 0 Å². The number of hydrogen-bond acceptors (Lipinski definition) is 2. The molecule has 0 aliphatic rings. The van der Waals surface area contributed by atoms with E-state index < -0.39 is 0 Å². The molecule has 0 amide bonds. The lowest BCUT2D eigenvalue weighted by Gasteiger charge is -2.04. The molecule has 0 aliphatic carbocycles. The van der Waals surface area contributed by atoms with Crippen LogP contribution in [0.2, 0.25) is 0 Å². The van der Waals surface area contributed by atoms with Crippen molar-refractivity contribution in [2.75, 3.05) is 5.73 Å². The van der Waals surface area contributed by atoms with Gasteiger partial charge in [-0.15, -0.1) is 0 Å². The Labute approximate surface area is 98.9 Å². The van der Waals surface area contributed by atoms with Crippen molar-refractivity contribution in [2.45, 2.75) is 6.42 Å². The Hall–Kier alpha value is -2.16. The zero-order valence-electron chi connectivity index (χ0n) is 9.19. The first-order chi connectivity index (χ1) is 8.16. The monoisotopic (exact) mass is 229 g/mol. The minimum Gasteiger partial charge on any atom is -0.398 e. The van der Waals surface area contributed by atoms with Gasteiger partial charge in [-0.05, 0) is 29.8 Å². The normalized spacial score (nSPS) is 10.2. The maximum absolute atomic E-state index is 13.0. The van der Waals surface area contributed by atoms with E-state index in [-0.39, 0.29) is 18.0 Å². The van der Waals surface area contributed by atoms with Crippen LogP contribution in [0.15, 0.2) is 48.5 Å². The molecule has 2 aromatic rings. The SMILES string of the molecule is Nc1ccccc1C(=O)Cc1cccc(F)c1. The van der Waals surface area contributed by atoms with E-state index >= 15 is 0 Å². The van der Waals surface area contributed by atoms with Crippen molar-refractivity contribution in [2.24, 2.45) is 0 Å². The second kappa shape index (κ2) is 4.78. The number of benzene rings is 2. The number of carbonyl (C=O) groups excluding carboxylic acids is 1. The van der Waals surface area contributed by atoms with Crippen molar-refractivity contribution in [1.82, 2.24) is 0 Å². The molecule has 17 heavy (non-hydrogen) atoms. The van der Waals surface area contributed by atoms with E-state index in [0.717, 1.165) is 0 Å². The van der Waals surface area contributed by atoms with Crippen molar-refractivity contribution in [3.63, 3.8) is 0 Å². The van der Waals surface area contributed by atoms with Crippen LogP contribution >= 0.6 is 0 Å². The predicted molar refractivity (Wildman–Crippen MR) is 65.3 cm³/mol. The molecule has 2 rings (SSSR count). The molecule has 0 heterocycles. The highest BCUT2D eigenvalue weighted by molar-refractivity contribution is 6.01. The third-order valence-electron chi connectivity index (χ3n) is 2.51. The highest BCUT2D eigenvalue weighted by atomic mass is 19.1. The van der Waals surface area contributed by atoms with Crippen LogP contribution in [0.25, 0.3) is 0 Å². The van der Waals surface area contributed by atoms with Gasteiger partial charge in [0.1, 0.15) is 5.82 Å². The van der Waals surface area contributed by atoms with Gasteiger partial charge in [0.15, 0.2) is 5.78 Å². The summed E-state index contributed by atoms with van der Waals surface area (Å²) in [5.41, 5.74) is 7.30. The summed E-state index contributed by atoms with van der Waals surface area (Å²) in [6.07, 6.45) is 0.159. The molecule has 0 saturated carbocycles. The Morgan fingerprint density at radius 2 is 1.88 bits per heavy atom. The van der Waals surface area contributed by atoms with Gasteiger partial charge in [0, 0.05) is 17.7 Å². The molecule has 0 bridgehead atoms. The summed E-state index contributed by atoms with van der Waals surface area (Å²) in [4.78, 5) is 11.9. The fourth-order valence-electron chi connectivity index (χ4n) is 1.68. The van der Waals surface area contributed by atoms with Gasteiger partial charge in [0.25, 0.3) is 0 Å². The minimum atomic E-state index is -0.337. The lowest BCUT2D eigenvalue weighted by molar-refractivity contribution is 0.0994. The molecule has 2 aromatic carbocycles. The van der Waals surface area contributed by atoms with Crippen LogP contribution in [0.4, 0.5) is 10.1 Å². The maximum Gasteiger partial charge on any atom is 0.169 e. The molecular weight excluding hydrogens is 217 g/mol. The van der Waals surface area contributed by atoms with Crippen LogP contribution in [-0.4, -0.2) is 5.78 Å². The summed E-state index contributed by atoms with van der Waals surface area (Å²) >= 11 is 0. The standard InChI is InChI=1S/C14H12FNO/c15-11-5-3-4-10(8-11)9-14(17)12-6-1-2-7-13(12)16/h1-8H,9,16H2. The number of hydrogen-bond donors (Lipinski definition) is 1. The number of carbonyl (C=O) groups is 1. The van der Waals surface area contributed by atoms with Crippen LogP contribution < -0.4 is 5.73 Å². The van der Waals surface area contributed by atoms with E-state index in [1.807, 2.05) is 0 Å². The van der Waals surface area contributed by atoms with Gasteiger partial charge in [-0.25, -0.2) is 4.39 Å². The summed E-state index contributed by atoms with van der Waals surface area (Å²) < 4.78 is 13.0. The van der Waals surface area contributed by atoms with Crippen LogP contribution in [0.5, 0.6) is 0 Å². The highest BCUT2D eigenvalue weighted by Crippen LogP contribution is 2.14. The lowest BCUT2D eigenvalue weighted by Crippen LogP contribution is -2.06. The van der Waals surface area contributed by atoms with E-state index in [1.165, 1.54) is 12.1 Å². The number of Topliss-reactive ketones (excluding diaryl/α,β-unsaturated/α-hetero) is 1. The second-order valence-electron chi connectivity index (χ2n) is 3.82. The first-order valence-corrected chi connectivity index (χ1v) is 5.29. The summed E-state index contributed by atoms with van der Waals surface area (Å²) in [6, 6.07) is 12.9. The topological polar surface area (TPSA) is 43.1 Å². The second-order valence-corrected chi connectivity index (χ2v) is 3.82. The number of rotatable bonds is 3. The average molecular weight is 229 g/mol. The molecule has 86 valence electrons. The first kappa shape index (κ1) is 11.3. The van der Waals surface area contributed by atoms with Gasteiger partial charge in [-0.3, -0.25) is 4.79 Å². The average Bonchev–Trinajstić information content (AvgIpc) is 2.29. The molecule has 0 fully saturated rings. The Morgan fingerprint density at radius 1 is 1.12 bits per heavy atom. The van der Waals surface area contributed by atoms with Crippen LogP contribution in [-0.2, 0) is 6.42 Å². The van der Waals surface area contributed by atoms with E-state index in [1.54, 1.807) is 36.4 Å². The fourth-order valence-corrected chi connectivity index (χ4v) is 1.68. The molecule has 0 aromatic heterocycles. The Balaban J connectivity index is 2.20. The molecular formula is C14H12FNO. The molecule has 2 N–H and O–H groups in total. The molecule has 0 unspecified atom stereocenters. The Morgan fingerprint density at radius 3 is 2.59 bits per heavy atom. The van der Waals surface area contributed by atoms with Gasteiger partial charge >= 0.3 is 0 Å². The third kappa shape index (κ3) is 2.69. The number of para-hydroxylation sites is 1. The van der Waals surface area contributed by atoms with Gasteiger partial charge in [-0.1, -0.05) is 24.3 Å². The quantitative estimate of drug-likeness (QED) is 0.649. The number of nitrogens with two attached hydrogens (primary N) is 1. The molecule has 2 nitrogen and oxygen atoms in total. The van der Waals surface area contributed by atoms with E-state index in [0.29, 0.717) is 16.8 Å². The summed E-state index contributed by atoms with van der Waals surface area (Å²) in [5.74, 6) is -0.440. The lowest BCUT2D eigenvalue weighted by atomic mass is 10.0. The minimum absolute atomic E-state index is 0.103. The van der Waals surface area contributed by atoms with Gasteiger partial charge in [-0.2, -0.15) is 0 Å². The summed E-state index contributed by atoms with van der Waals surface area (Å²) in [6.45, 7) is 0. The first-order valence-electron chi connectivity index (χ1n) is 5.29. The van der Waals surface area contributed by atoms with Crippen molar-refractivity contribution in [3.05, 3.63) is 65.5 Å². The van der Waals surface area contributed by atoms with Crippen molar-refractivity contribution in [1.29, 1.82) is 0 Å².